The van der Waals surface area contributed by atoms with Crippen molar-refractivity contribution >= 4 is 5.97 Å². The second kappa shape index (κ2) is 2.84. The molecular formula is C8H10F4O2. The molecule has 82 valence electrons. The molecule has 0 spiro atoms. The Kier molecular flexibility index (Phi) is 2.28. The van der Waals surface area contributed by atoms with Crippen LogP contribution in [0.2, 0.25) is 0 Å². The van der Waals surface area contributed by atoms with E-state index in [0.29, 0.717) is 0 Å². The Morgan fingerprint density at radius 1 is 1.43 bits per heavy atom. The number of carbonyl (C=O) groups is 1. The van der Waals surface area contributed by atoms with Gasteiger partial charge in [-0.3, -0.25) is 4.79 Å². The van der Waals surface area contributed by atoms with Crippen molar-refractivity contribution in [2.45, 2.75) is 26.2 Å². The molecule has 0 amide bonds. The van der Waals surface area contributed by atoms with Gasteiger partial charge in [-0.25, -0.2) is 8.78 Å². The lowest BCUT2D eigenvalue weighted by molar-refractivity contribution is -0.157. The van der Waals surface area contributed by atoms with Crippen LogP contribution in [0, 0.1) is 17.3 Å². The third-order valence-corrected chi connectivity index (χ3v) is 2.80. The molecule has 2 nitrogen and oxygen atoms in total. The number of alkyl halides is 4. The zero-order valence-electron chi connectivity index (χ0n) is 7.60. The van der Waals surface area contributed by atoms with Gasteiger partial charge < -0.3 is 5.11 Å². The second-order valence-corrected chi connectivity index (χ2v) is 4.09. The first-order valence-corrected chi connectivity index (χ1v) is 4.02. The SMILES string of the molecule is CC1(C)C(C(=O)O)C1C(F)(F)C(F)F. The number of carboxylic acid groups (broad SMARTS) is 1. The molecule has 2 unspecified atom stereocenters. The Morgan fingerprint density at radius 3 is 2.07 bits per heavy atom. The molecule has 0 saturated heterocycles. The van der Waals surface area contributed by atoms with E-state index in [4.69, 9.17) is 5.11 Å². The van der Waals surface area contributed by atoms with Crippen LogP contribution in [0.25, 0.3) is 0 Å². The third kappa shape index (κ3) is 1.36. The van der Waals surface area contributed by atoms with Gasteiger partial charge in [-0.05, 0) is 5.41 Å². The predicted molar refractivity (Wildman–Crippen MR) is 39.3 cm³/mol. The molecule has 0 heterocycles. The van der Waals surface area contributed by atoms with Gasteiger partial charge in [0.1, 0.15) is 0 Å². The summed E-state index contributed by atoms with van der Waals surface area (Å²) in [6.45, 7) is 2.51. The first-order valence-electron chi connectivity index (χ1n) is 4.02. The first-order chi connectivity index (χ1) is 6.13. The molecule has 1 fully saturated rings. The summed E-state index contributed by atoms with van der Waals surface area (Å²) in [4.78, 5) is 10.5. The summed E-state index contributed by atoms with van der Waals surface area (Å²) in [7, 11) is 0. The van der Waals surface area contributed by atoms with Gasteiger partial charge in [-0.2, -0.15) is 8.78 Å². The predicted octanol–water partition coefficient (Wildman–Crippen LogP) is 2.24. The lowest BCUT2D eigenvalue weighted by Crippen LogP contribution is -2.31. The van der Waals surface area contributed by atoms with Crippen LogP contribution in [-0.4, -0.2) is 23.4 Å². The Bertz CT molecular complexity index is 262. The van der Waals surface area contributed by atoms with Crippen LogP contribution in [0.1, 0.15) is 13.8 Å². The smallest absolute Gasteiger partial charge is 0.311 e. The molecular weight excluding hydrogens is 204 g/mol. The van der Waals surface area contributed by atoms with E-state index < -0.39 is 35.6 Å². The molecule has 1 aliphatic carbocycles. The molecule has 1 N–H and O–H groups in total. The number of hydrogen-bond acceptors (Lipinski definition) is 1. The summed E-state index contributed by atoms with van der Waals surface area (Å²) in [6, 6.07) is 0. The van der Waals surface area contributed by atoms with Crippen LogP contribution < -0.4 is 0 Å². The van der Waals surface area contributed by atoms with Crippen molar-refractivity contribution in [2.24, 2.45) is 17.3 Å². The highest BCUT2D eigenvalue weighted by atomic mass is 19.3. The second-order valence-electron chi connectivity index (χ2n) is 4.09. The van der Waals surface area contributed by atoms with E-state index in [1.807, 2.05) is 0 Å². The minimum Gasteiger partial charge on any atom is -0.481 e. The summed E-state index contributed by atoms with van der Waals surface area (Å²) in [5.74, 6) is -8.81. The molecule has 0 bridgehead atoms. The summed E-state index contributed by atoms with van der Waals surface area (Å²) < 4.78 is 49.5. The van der Waals surface area contributed by atoms with Crippen molar-refractivity contribution < 1.29 is 27.5 Å². The number of halogens is 4. The highest BCUT2D eigenvalue weighted by molar-refractivity contribution is 5.75. The summed E-state index contributed by atoms with van der Waals surface area (Å²) in [6.07, 6.45) is -3.81. The van der Waals surface area contributed by atoms with Crippen LogP contribution >= 0.6 is 0 Å². The fourth-order valence-electron chi connectivity index (χ4n) is 1.95. The monoisotopic (exact) mass is 214 g/mol. The van der Waals surface area contributed by atoms with E-state index in [9.17, 15) is 22.4 Å². The Labute approximate surface area is 77.9 Å². The minimum absolute atomic E-state index is 1.26. The van der Waals surface area contributed by atoms with E-state index in [1.165, 1.54) is 13.8 Å². The number of carboxylic acids is 1. The molecule has 0 aromatic rings. The quantitative estimate of drug-likeness (QED) is 0.731. The van der Waals surface area contributed by atoms with Crippen molar-refractivity contribution in [2.75, 3.05) is 0 Å². The van der Waals surface area contributed by atoms with E-state index >= 15 is 0 Å². The van der Waals surface area contributed by atoms with E-state index in [1.54, 1.807) is 0 Å². The van der Waals surface area contributed by atoms with Crippen molar-refractivity contribution in [1.82, 2.24) is 0 Å². The third-order valence-electron chi connectivity index (χ3n) is 2.80. The van der Waals surface area contributed by atoms with Crippen molar-refractivity contribution in [3.8, 4) is 0 Å². The van der Waals surface area contributed by atoms with Crippen LogP contribution in [-0.2, 0) is 4.79 Å². The summed E-state index contributed by atoms with van der Waals surface area (Å²) in [5.41, 5.74) is -1.26. The molecule has 1 saturated carbocycles. The highest BCUT2D eigenvalue weighted by Gasteiger charge is 2.74. The van der Waals surface area contributed by atoms with E-state index in [2.05, 4.69) is 0 Å². The fraction of sp³-hybridized carbons (Fsp3) is 0.875. The maximum absolute atomic E-state index is 12.8. The first kappa shape index (κ1) is 11.3. The lowest BCUT2D eigenvalue weighted by Gasteiger charge is -2.16. The molecule has 6 heteroatoms. The number of aliphatic carboxylic acids is 1. The maximum atomic E-state index is 12.8. The molecule has 1 rings (SSSR count). The van der Waals surface area contributed by atoms with Crippen molar-refractivity contribution in [3.63, 3.8) is 0 Å². The normalized spacial score (nSPS) is 30.5. The van der Waals surface area contributed by atoms with Crippen LogP contribution in [0.15, 0.2) is 0 Å². The minimum atomic E-state index is -4.22. The van der Waals surface area contributed by atoms with Gasteiger partial charge in [0.25, 0.3) is 0 Å². The molecule has 0 aromatic carbocycles. The molecule has 0 aliphatic heterocycles. The zero-order chi connectivity index (χ0) is 11.3. The molecule has 2 atom stereocenters. The Morgan fingerprint density at radius 2 is 1.86 bits per heavy atom. The Hall–Kier alpha value is -0.810. The van der Waals surface area contributed by atoms with E-state index in [0.717, 1.165) is 0 Å². The van der Waals surface area contributed by atoms with Gasteiger partial charge in [-0.15, -0.1) is 0 Å². The zero-order valence-corrected chi connectivity index (χ0v) is 7.60. The number of rotatable bonds is 3. The summed E-state index contributed by atoms with van der Waals surface area (Å²) in [5, 5.41) is 8.53. The number of hydrogen-bond donors (Lipinski definition) is 1. The van der Waals surface area contributed by atoms with Gasteiger partial charge >= 0.3 is 18.3 Å². The highest BCUT2D eigenvalue weighted by Crippen LogP contribution is 2.65. The standard InChI is InChI=1S/C8H10F4O2/c1-7(2)3(5(13)14)4(7)8(11,12)6(9)10/h3-4,6H,1-2H3,(H,13,14). The van der Waals surface area contributed by atoms with Gasteiger partial charge in [0.15, 0.2) is 0 Å². The molecule has 0 aromatic heterocycles. The van der Waals surface area contributed by atoms with Crippen LogP contribution in [0.5, 0.6) is 0 Å². The maximum Gasteiger partial charge on any atom is 0.311 e. The van der Waals surface area contributed by atoms with Crippen LogP contribution in [0.3, 0.4) is 0 Å². The average Bonchev–Trinajstić information content (AvgIpc) is 2.53. The van der Waals surface area contributed by atoms with Gasteiger partial charge in [0.05, 0.1) is 5.92 Å². The van der Waals surface area contributed by atoms with Crippen LogP contribution in [0.4, 0.5) is 17.6 Å². The largest absolute Gasteiger partial charge is 0.481 e. The lowest BCUT2D eigenvalue weighted by atomic mass is 10.1. The molecule has 14 heavy (non-hydrogen) atoms. The van der Waals surface area contributed by atoms with E-state index in [-0.39, 0.29) is 0 Å². The van der Waals surface area contributed by atoms with Gasteiger partial charge in [0, 0.05) is 5.92 Å². The average molecular weight is 214 g/mol. The summed E-state index contributed by atoms with van der Waals surface area (Å²) >= 11 is 0. The van der Waals surface area contributed by atoms with Crippen molar-refractivity contribution in [3.05, 3.63) is 0 Å². The molecule has 0 radical (unpaired) electrons. The fourth-order valence-corrected chi connectivity index (χ4v) is 1.95. The van der Waals surface area contributed by atoms with Gasteiger partial charge in [0.2, 0.25) is 0 Å². The molecule has 1 aliphatic rings. The Balaban J connectivity index is 2.88. The topological polar surface area (TPSA) is 37.3 Å². The van der Waals surface area contributed by atoms with Gasteiger partial charge in [-0.1, -0.05) is 13.8 Å². The van der Waals surface area contributed by atoms with Crippen molar-refractivity contribution in [1.29, 1.82) is 0 Å².